The Kier molecular flexibility index (Phi) is 7.09. The van der Waals surface area contributed by atoms with Gasteiger partial charge in [-0.3, -0.25) is 10.1 Å². The van der Waals surface area contributed by atoms with Crippen molar-refractivity contribution in [2.75, 3.05) is 55.4 Å². The largest absolute Gasteiger partial charge is 0.453 e. The summed E-state index contributed by atoms with van der Waals surface area (Å²) in [6.45, 7) is 2.68. The van der Waals surface area contributed by atoms with E-state index in [4.69, 9.17) is 0 Å². The zero-order valence-corrected chi connectivity index (χ0v) is 16.8. The van der Waals surface area contributed by atoms with E-state index < -0.39 is 12.1 Å². The number of carbonyl (C=O) groups is 3. The third-order valence-corrected chi connectivity index (χ3v) is 4.73. The van der Waals surface area contributed by atoms with Gasteiger partial charge < -0.3 is 25.2 Å². The van der Waals surface area contributed by atoms with Crippen LogP contribution in [-0.2, 0) is 9.53 Å². The van der Waals surface area contributed by atoms with E-state index in [0.717, 1.165) is 18.8 Å². The van der Waals surface area contributed by atoms with Gasteiger partial charge in [0.25, 0.3) is 0 Å². The van der Waals surface area contributed by atoms with Crippen LogP contribution in [0.1, 0.15) is 0 Å². The third kappa shape index (κ3) is 5.87. The number of urea groups is 1. The minimum Gasteiger partial charge on any atom is -0.453 e. The Labute approximate surface area is 175 Å². The Hall–Kier alpha value is -3.75. The van der Waals surface area contributed by atoms with E-state index in [9.17, 15) is 14.4 Å². The van der Waals surface area contributed by atoms with Gasteiger partial charge in [0.15, 0.2) is 0 Å². The number of nitrogens with one attached hydrogen (secondary N) is 3. The van der Waals surface area contributed by atoms with Crippen LogP contribution in [0.3, 0.4) is 0 Å². The van der Waals surface area contributed by atoms with Crippen LogP contribution in [0.25, 0.3) is 0 Å². The molecule has 1 aliphatic rings. The Morgan fingerprint density at radius 3 is 2.07 bits per heavy atom. The molecule has 0 saturated carbocycles. The van der Waals surface area contributed by atoms with Crippen LogP contribution in [0.4, 0.5) is 26.7 Å². The Balaban J connectivity index is 1.39. The number of amides is 4. The van der Waals surface area contributed by atoms with Crippen LogP contribution < -0.4 is 20.9 Å². The quantitative estimate of drug-likeness (QED) is 0.701. The molecule has 30 heavy (non-hydrogen) atoms. The molecule has 2 aromatic carbocycles. The SMILES string of the molecule is COC(=O)Nc1ccc(NC(=O)NCC(=O)N2CCN(c3ccccc3)CC2)cc1. The smallest absolute Gasteiger partial charge is 0.411 e. The van der Waals surface area contributed by atoms with Crippen molar-refractivity contribution < 1.29 is 19.1 Å². The first-order valence-corrected chi connectivity index (χ1v) is 9.63. The van der Waals surface area contributed by atoms with Gasteiger partial charge in [0, 0.05) is 43.2 Å². The number of hydrogen-bond donors (Lipinski definition) is 3. The molecule has 9 nitrogen and oxygen atoms in total. The highest BCUT2D eigenvalue weighted by Crippen LogP contribution is 2.16. The summed E-state index contributed by atoms with van der Waals surface area (Å²) in [4.78, 5) is 39.6. The number of rotatable bonds is 5. The summed E-state index contributed by atoms with van der Waals surface area (Å²) in [5.74, 6) is -0.115. The summed E-state index contributed by atoms with van der Waals surface area (Å²) >= 11 is 0. The lowest BCUT2D eigenvalue weighted by Gasteiger charge is -2.36. The second-order valence-corrected chi connectivity index (χ2v) is 6.70. The van der Waals surface area contributed by atoms with Gasteiger partial charge in [-0.05, 0) is 36.4 Å². The van der Waals surface area contributed by atoms with E-state index >= 15 is 0 Å². The first kappa shape index (κ1) is 21.0. The third-order valence-electron chi connectivity index (χ3n) is 4.73. The van der Waals surface area contributed by atoms with E-state index in [0.29, 0.717) is 24.5 Å². The van der Waals surface area contributed by atoms with Crippen molar-refractivity contribution in [2.24, 2.45) is 0 Å². The number of para-hydroxylation sites is 1. The van der Waals surface area contributed by atoms with E-state index in [1.54, 1.807) is 29.2 Å². The molecule has 3 rings (SSSR count). The predicted molar refractivity (Wildman–Crippen MR) is 115 cm³/mol. The van der Waals surface area contributed by atoms with E-state index in [2.05, 4.69) is 37.7 Å². The van der Waals surface area contributed by atoms with Gasteiger partial charge in [0.05, 0.1) is 13.7 Å². The summed E-state index contributed by atoms with van der Waals surface area (Å²) in [5, 5.41) is 7.75. The average molecular weight is 411 g/mol. The van der Waals surface area contributed by atoms with Crippen LogP contribution in [0.2, 0.25) is 0 Å². The number of nitrogens with zero attached hydrogens (tertiary/aromatic N) is 2. The molecule has 0 spiro atoms. The molecule has 0 unspecified atom stereocenters. The normalized spacial score (nSPS) is 13.4. The van der Waals surface area contributed by atoms with Gasteiger partial charge in [-0.1, -0.05) is 18.2 Å². The van der Waals surface area contributed by atoms with Crippen LogP contribution in [0, 0.1) is 0 Å². The standard InChI is InChI=1S/C21H25N5O4/c1-30-21(29)24-17-9-7-16(8-10-17)23-20(28)22-15-19(27)26-13-11-25(12-14-26)18-5-3-2-4-6-18/h2-10H,11-15H2,1H3,(H,24,29)(H2,22,23,28). The highest BCUT2D eigenvalue weighted by molar-refractivity contribution is 5.92. The molecule has 0 atom stereocenters. The molecule has 1 saturated heterocycles. The van der Waals surface area contributed by atoms with Gasteiger partial charge in [-0.15, -0.1) is 0 Å². The van der Waals surface area contributed by atoms with Crippen molar-refractivity contribution in [3.05, 3.63) is 54.6 Å². The molecule has 9 heteroatoms. The van der Waals surface area contributed by atoms with Crippen molar-refractivity contribution in [2.45, 2.75) is 0 Å². The Morgan fingerprint density at radius 1 is 0.867 bits per heavy atom. The molecule has 1 heterocycles. The minimum absolute atomic E-state index is 0.0703. The molecule has 0 radical (unpaired) electrons. The maximum absolute atomic E-state index is 12.4. The van der Waals surface area contributed by atoms with Crippen LogP contribution in [-0.4, -0.2) is 62.8 Å². The molecule has 158 valence electrons. The topological polar surface area (TPSA) is 103 Å². The highest BCUT2D eigenvalue weighted by Gasteiger charge is 2.21. The number of benzene rings is 2. The number of methoxy groups -OCH3 is 1. The van der Waals surface area contributed by atoms with Crippen molar-refractivity contribution in [1.29, 1.82) is 0 Å². The van der Waals surface area contributed by atoms with Crippen LogP contribution >= 0.6 is 0 Å². The maximum Gasteiger partial charge on any atom is 0.411 e. The van der Waals surface area contributed by atoms with Gasteiger partial charge in [-0.25, -0.2) is 9.59 Å². The Morgan fingerprint density at radius 2 is 1.47 bits per heavy atom. The first-order valence-electron chi connectivity index (χ1n) is 9.63. The second kappa shape index (κ2) is 10.1. The minimum atomic E-state index is -0.573. The zero-order valence-electron chi connectivity index (χ0n) is 16.8. The molecule has 2 aromatic rings. The molecule has 0 aromatic heterocycles. The number of ether oxygens (including phenoxy) is 1. The van der Waals surface area contributed by atoms with Crippen molar-refractivity contribution >= 4 is 35.1 Å². The van der Waals surface area contributed by atoms with Gasteiger partial charge in [0.2, 0.25) is 5.91 Å². The zero-order chi connectivity index (χ0) is 21.3. The summed E-state index contributed by atoms with van der Waals surface area (Å²) in [7, 11) is 1.28. The average Bonchev–Trinajstić information content (AvgIpc) is 2.79. The van der Waals surface area contributed by atoms with Crippen molar-refractivity contribution in [3.8, 4) is 0 Å². The molecular weight excluding hydrogens is 386 g/mol. The van der Waals surface area contributed by atoms with Crippen LogP contribution in [0.15, 0.2) is 54.6 Å². The summed E-state index contributed by atoms with van der Waals surface area (Å²) < 4.78 is 4.51. The first-order chi connectivity index (χ1) is 14.5. The van der Waals surface area contributed by atoms with Crippen LogP contribution in [0.5, 0.6) is 0 Å². The van der Waals surface area contributed by atoms with Gasteiger partial charge >= 0.3 is 12.1 Å². The van der Waals surface area contributed by atoms with Gasteiger partial charge in [0.1, 0.15) is 0 Å². The number of carbonyl (C=O) groups excluding carboxylic acids is 3. The second-order valence-electron chi connectivity index (χ2n) is 6.70. The summed E-state index contributed by atoms with van der Waals surface area (Å²) in [6.07, 6.45) is -0.573. The number of piperazine rings is 1. The fourth-order valence-electron chi connectivity index (χ4n) is 3.10. The fraction of sp³-hybridized carbons (Fsp3) is 0.286. The van der Waals surface area contributed by atoms with E-state index in [1.165, 1.54) is 7.11 Å². The lowest BCUT2D eigenvalue weighted by Crippen LogP contribution is -2.51. The van der Waals surface area contributed by atoms with Crippen molar-refractivity contribution in [3.63, 3.8) is 0 Å². The number of anilines is 3. The van der Waals surface area contributed by atoms with Gasteiger partial charge in [-0.2, -0.15) is 0 Å². The number of hydrogen-bond acceptors (Lipinski definition) is 5. The summed E-state index contributed by atoms with van der Waals surface area (Å²) in [6, 6.07) is 16.1. The molecule has 4 amide bonds. The fourth-order valence-corrected chi connectivity index (χ4v) is 3.10. The highest BCUT2D eigenvalue weighted by atomic mass is 16.5. The maximum atomic E-state index is 12.4. The summed E-state index contributed by atoms with van der Waals surface area (Å²) in [5.41, 5.74) is 2.22. The van der Waals surface area contributed by atoms with Crippen molar-refractivity contribution in [1.82, 2.24) is 10.2 Å². The molecule has 0 aliphatic carbocycles. The van der Waals surface area contributed by atoms with E-state index in [1.807, 2.05) is 18.2 Å². The monoisotopic (exact) mass is 411 g/mol. The molecule has 1 fully saturated rings. The lowest BCUT2D eigenvalue weighted by atomic mass is 10.2. The Bertz CT molecular complexity index is 865. The molecule has 3 N–H and O–H groups in total. The molecule has 1 aliphatic heterocycles. The lowest BCUT2D eigenvalue weighted by molar-refractivity contribution is -0.130. The molecular formula is C21H25N5O4. The van der Waals surface area contributed by atoms with E-state index in [-0.39, 0.29) is 12.5 Å². The predicted octanol–water partition coefficient (Wildman–Crippen LogP) is 2.34. The molecule has 0 bridgehead atoms.